The molecule has 0 saturated heterocycles. The quantitative estimate of drug-likeness (QED) is 0.730. The molecule has 3 saturated carbocycles. The second-order valence-electron chi connectivity index (χ2n) is 5.96. The van der Waals surface area contributed by atoms with Crippen molar-refractivity contribution in [1.29, 1.82) is 0 Å². The predicted octanol–water partition coefficient (Wildman–Crippen LogP) is 3.06. The summed E-state index contributed by atoms with van der Waals surface area (Å²) in [6.45, 7) is 7.26. The zero-order valence-corrected chi connectivity index (χ0v) is 10.1. The summed E-state index contributed by atoms with van der Waals surface area (Å²) in [4.78, 5) is 0. The van der Waals surface area contributed by atoms with Crippen molar-refractivity contribution >= 4 is 0 Å². The lowest BCUT2D eigenvalue weighted by atomic mass is 9.44. The van der Waals surface area contributed by atoms with Crippen LogP contribution in [0.25, 0.3) is 0 Å². The highest BCUT2D eigenvalue weighted by Gasteiger charge is 2.56. The maximum Gasteiger partial charge on any atom is 0.0126 e. The second-order valence-corrected chi connectivity index (χ2v) is 5.96. The molecular formula is C13H25N. The van der Waals surface area contributed by atoms with Gasteiger partial charge in [0.15, 0.2) is 0 Å². The van der Waals surface area contributed by atoms with Crippen molar-refractivity contribution in [1.82, 2.24) is 5.32 Å². The molecule has 0 radical (unpaired) electrons. The SMILES string of the molecule is CCCC1CC2CC([C@@H]1NC)C2(C)C. The molecule has 4 atom stereocenters. The first-order valence-electron chi connectivity index (χ1n) is 6.28. The first kappa shape index (κ1) is 10.5. The molecule has 3 aliphatic carbocycles. The molecule has 0 heterocycles. The Balaban J connectivity index is 2.07. The van der Waals surface area contributed by atoms with Crippen LogP contribution in [0, 0.1) is 23.2 Å². The minimum Gasteiger partial charge on any atom is -0.316 e. The van der Waals surface area contributed by atoms with E-state index in [9.17, 15) is 0 Å². The molecule has 82 valence electrons. The highest BCUT2D eigenvalue weighted by Crippen LogP contribution is 2.61. The van der Waals surface area contributed by atoms with E-state index < -0.39 is 0 Å². The van der Waals surface area contributed by atoms with Crippen molar-refractivity contribution in [3.05, 3.63) is 0 Å². The van der Waals surface area contributed by atoms with Crippen LogP contribution in [0.4, 0.5) is 0 Å². The molecule has 3 rings (SSSR count). The van der Waals surface area contributed by atoms with E-state index >= 15 is 0 Å². The zero-order chi connectivity index (χ0) is 10.3. The van der Waals surface area contributed by atoms with Crippen molar-refractivity contribution in [2.24, 2.45) is 23.2 Å². The molecule has 3 aliphatic rings. The minimum absolute atomic E-state index is 0.623. The molecule has 0 aromatic heterocycles. The van der Waals surface area contributed by atoms with E-state index in [-0.39, 0.29) is 0 Å². The van der Waals surface area contributed by atoms with Crippen LogP contribution in [0.3, 0.4) is 0 Å². The van der Waals surface area contributed by atoms with Crippen molar-refractivity contribution in [3.63, 3.8) is 0 Å². The molecule has 3 fully saturated rings. The van der Waals surface area contributed by atoms with E-state index in [1.807, 2.05) is 0 Å². The molecule has 1 N–H and O–H groups in total. The van der Waals surface area contributed by atoms with Gasteiger partial charge in [-0.2, -0.15) is 0 Å². The van der Waals surface area contributed by atoms with Gasteiger partial charge in [0, 0.05) is 6.04 Å². The first-order chi connectivity index (χ1) is 6.61. The molecule has 0 aromatic rings. The van der Waals surface area contributed by atoms with E-state index in [0.717, 1.165) is 23.8 Å². The normalized spacial score (nSPS) is 44.6. The Morgan fingerprint density at radius 1 is 1.29 bits per heavy atom. The van der Waals surface area contributed by atoms with Gasteiger partial charge in [-0.3, -0.25) is 0 Å². The first-order valence-corrected chi connectivity index (χ1v) is 6.28. The molecule has 1 heteroatoms. The average molecular weight is 195 g/mol. The molecule has 3 unspecified atom stereocenters. The highest BCUT2D eigenvalue weighted by molar-refractivity contribution is 5.08. The maximum atomic E-state index is 3.58. The van der Waals surface area contributed by atoms with Gasteiger partial charge >= 0.3 is 0 Å². The summed E-state index contributed by atoms with van der Waals surface area (Å²) >= 11 is 0. The lowest BCUT2D eigenvalue weighted by molar-refractivity contribution is -0.114. The summed E-state index contributed by atoms with van der Waals surface area (Å²) in [6.07, 6.45) is 5.73. The van der Waals surface area contributed by atoms with Gasteiger partial charge in [0.2, 0.25) is 0 Å². The van der Waals surface area contributed by atoms with E-state index in [4.69, 9.17) is 0 Å². The number of hydrogen-bond acceptors (Lipinski definition) is 1. The Morgan fingerprint density at radius 2 is 2.00 bits per heavy atom. The van der Waals surface area contributed by atoms with E-state index in [1.54, 1.807) is 0 Å². The van der Waals surface area contributed by atoms with Gasteiger partial charge in [-0.15, -0.1) is 0 Å². The van der Waals surface area contributed by atoms with Gasteiger partial charge in [0.05, 0.1) is 0 Å². The third kappa shape index (κ3) is 1.32. The molecule has 0 aromatic carbocycles. The van der Waals surface area contributed by atoms with Crippen LogP contribution in [0.2, 0.25) is 0 Å². The third-order valence-electron chi connectivity index (χ3n) is 5.07. The van der Waals surface area contributed by atoms with Crippen molar-refractivity contribution < 1.29 is 0 Å². The minimum atomic E-state index is 0.623. The van der Waals surface area contributed by atoms with Crippen LogP contribution in [-0.4, -0.2) is 13.1 Å². The van der Waals surface area contributed by atoms with Crippen LogP contribution in [0.1, 0.15) is 46.5 Å². The Morgan fingerprint density at radius 3 is 2.50 bits per heavy atom. The monoisotopic (exact) mass is 195 g/mol. The van der Waals surface area contributed by atoms with Crippen molar-refractivity contribution in [2.75, 3.05) is 7.05 Å². The van der Waals surface area contributed by atoms with Crippen LogP contribution >= 0.6 is 0 Å². The summed E-state index contributed by atoms with van der Waals surface area (Å²) in [6, 6.07) is 0.801. The molecule has 0 amide bonds. The van der Waals surface area contributed by atoms with Crippen LogP contribution in [0.15, 0.2) is 0 Å². The Hall–Kier alpha value is -0.0400. The smallest absolute Gasteiger partial charge is 0.0126 e. The number of fused-ring (bicyclic) bond motifs is 2. The Kier molecular flexibility index (Phi) is 2.63. The van der Waals surface area contributed by atoms with Crippen molar-refractivity contribution in [3.8, 4) is 0 Å². The lowest BCUT2D eigenvalue weighted by Crippen LogP contribution is -2.61. The third-order valence-corrected chi connectivity index (χ3v) is 5.07. The van der Waals surface area contributed by atoms with E-state index in [0.29, 0.717) is 5.41 Å². The van der Waals surface area contributed by atoms with E-state index in [2.05, 4.69) is 33.1 Å². The molecule has 0 spiro atoms. The lowest BCUT2D eigenvalue weighted by Gasteiger charge is -2.62. The van der Waals surface area contributed by atoms with Gasteiger partial charge < -0.3 is 5.32 Å². The largest absolute Gasteiger partial charge is 0.316 e. The second kappa shape index (κ2) is 3.52. The highest BCUT2D eigenvalue weighted by atomic mass is 14.9. The van der Waals surface area contributed by atoms with Crippen LogP contribution in [-0.2, 0) is 0 Å². The number of hydrogen-bond donors (Lipinski definition) is 1. The predicted molar refractivity (Wildman–Crippen MR) is 61.2 cm³/mol. The topological polar surface area (TPSA) is 12.0 Å². The zero-order valence-electron chi connectivity index (χ0n) is 10.1. The van der Waals surface area contributed by atoms with Gasteiger partial charge in [-0.05, 0) is 49.5 Å². The fourth-order valence-electron chi connectivity index (χ4n) is 4.01. The van der Waals surface area contributed by atoms with Crippen LogP contribution in [0.5, 0.6) is 0 Å². The Bertz CT molecular complexity index is 209. The molecule has 1 nitrogen and oxygen atoms in total. The standard InChI is InChI=1S/C13H25N/c1-5-6-9-7-10-8-11(12(9)14-4)13(10,2)3/h9-12,14H,5-8H2,1-4H3/t9?,10?,11?,12-/m1/s1. The van der Waals surface area contributed by atoms with Crippen molar-refractivity contribution in [2.45, 2.75) is 52.5 Å². The molecule has 2 bridgehead atoms. The summed E-state index contributed by atoms with van der Waals surface area (Å²) in [5, 5.41) is 3.58. The molecule has 14 heavy (non-hydrogen) atoms. The van der Waals surface area contributed by atoms with Gasteiger partial charge in [-0.1, -0.05) is 27.2 Å². The Labute approximate surface area is 88.7 Å². The van der Waals surface area contributed by atoms with E-state index in [1.165, 1.54) is 25.7 Å². The summed E-state index contributed by atoms with van der Waals surface area (Å²) in [7, 11) is 2.15. The van der Waals surface area contributed by atoms with Gasteiger partial charge in [-0.25, -0.2) is 0 Å². The maximum absolute atomic E-state index is 3.58. The molecular weight excluding hydrogens is 170 g/mol. The summed E-state index contributed by atoms with van der Waals surface area (Å²) in [5.41, 5.74) is 0.623. The van der Waals surface area contributed by atoms with Gasteiger partial charge in [0.1, 0.15) is 0 Å². The van der Waals surface area contributed by atoms with Crippen LogP contribution < -0.4 is 5.32 Å². The summed E-state index contributed by atoms with van der Waals surface area (Å²) in [5.74, 6) is 2.93. The fraction of sp³-hybridized carbons (Fsp3) is 1.00. The molecule has 0 aliphatic heterocycles. The fourth-order valence-corrected chi connectivity index (χ4v) is 4.01. The number of nitrogens with one attached hydrogen (secondary N) is 1. The number of rotatable bonds is 3. The average Bonchev–Trinajstić information content (AvgIpc) is 2.17. The summed E-state index contributed by atoms with van der Waals surface area (Å²) < 4.78 is 0. The van der Waals surface area contributed by atoms with Gasteiger partial charge in [0.25, 0.3) is 0 Å².